The Morgan fingerprint density at radius 1 is 0.481 bits per heavy atom. The van der Waals surface area contributed by atoms with Gasteiger partial charge in [0.2, 0.25) is 0 Å². The number of hydrogen-bond donors (Lipinski definition) is 1. The zero-order valence-corrected chi connectivity index (χ0v) is 25.6. The van der Waals surface area contributed by atoms with E-state index in [0.717, 1.165) is 13.0 Å². The van der Waals surface area contributed by atoms with E-state index < -0.39 is 119 Å². The van der Waals surface area contributed by atoms with Crippen LogP contribution in [0.3, 0.4) is 0 Å². The minimum Gasteiger partial charge on any atom is -0.398 e. The summed E-state index contributed by atoms with van der Waals surface area (Å²) >= 11 is 0. The Balaban J connectivity index is 2.42. The first-order valence-electron chi connectivity index (χ1n) is 13.8. The van der Waals surface area contributed by atoms with Gasteiger partial charge in [0.1, 0.15) is 18.2 Å². The SMILES string of the molecule is Cc1cc(C#N)cc(C(F)(F)F)c1C(C#N)=C1C(=C(C#N)c2c(N)cc(C#N)cc2C(F)(F)F)C1=C(C#N)c1c(C#N)cc(C#N)cc1C(F)(F)F. The first-order chi connectivity index (χ1) is 24.2. The molecule has 1 saturated carbocycles. The van der Waals surface area contributed by atoms with Crippen LogP contribution in [-0.4, -0.2) is 0 Å². The topological polar surface area (TPSA) is 193 Å². The lowest BCUT2D eigenvalue weighted by molar-refractivity contribution is -0.138. The number of hydrogen-bond acceptors (Lipinski definition) is 8. The molecule has 3 aromatic rings. The van der Waals surface area contributed by atoms with E-state index in [9.17, 15) is 76.3 Å². The van der Waals surface area contributed by atoms with Crippen molar-refractivity contribution in [2.75, 3.05) is 5.73 Å². The number of rotatable bonds is 3. The fraction of sp³-hybridized carbons (Fsp3) is 0.114. The van der Waals surface area contributed by atoms with Crippen molar-refractivity contribution in [3.05, 3.63) is 114 Å². The predicted octanol–water partition coefficient (Wildman–Crippen LogP) is 8.37. The average molecular weight is 715 g/mol. The van der Waals surface area contributed by atoms with Crippen LogP contribution < -0.4 is 5.73 Å². The molecule has 0 aliphatic heterocycles. The molecular formula is C35H11F9N8. The molecule has 254 valence electrons. The Kier molecular flexibility index (Phi) is 9.38. The maximum atomic E-state index is 14.5. The van der Waals surface area contributed by atoms with Crippen molar-refractivity contribution < 1.29 is 39.5 Å². The van der Waals surface area contributed by atoms with Crippen LogP contribution in [0.1, 0.15) is 61.2 Å². The van der Waals surface area contributed by atoms with Gasteiger partial charge in [0.15, 0.2) is 0 Å². The van der Waals surface area contributed by atoms with Gasteiger partial charge < -0.3 is 5.73 Å². The molecule has 17 heteroatoms. The van der Waals surface area contributed by atoms with Gasteiger partial charge in [-0.3, -0.25) is 0 Å². The van der Waals surface area contributed by atoms with E-state index >= 15 is 0 Å². The van der Waals surface area contributed by atoms with Gasteiger partial charge in [0, 0.05) is 39.1 Å². The monoisotopic (exact) mass is 714 g/mol. The van der Waals surface area contributed by atoms with E-state index in [2.05, 4.69) is 0 Å². The van der Waals surface area contributed by atoms with Crippen LogP contribution in [0.4, 0.5) is 45.2 Å². The number of nitrogen functional groups attached to an aromatic ring is 1. The molecule has 1 aliphatic carbocycles. The second kappa shape index (κ2) is 13.1. The predicted molar refractivity (Wildman–Crippen MR) is 160 cm³/mol. The number of nitrogens with two attached hydrogens (primary N) is 1. The summed E-state index contributed by atoms with van der Waals surface area (Å²) < 4.78 is 130. The minimum atomic E-state index is -5.43. The maximum Gasteiger partial charge on any atom is 0.417 e. The van der Waals surface area contributed by atoms with Crippen molar-refractivity contribution in [2.24, 2.45) is 0 Å². The van der Waals surface area contributed by atoms with Crippen LogP contribution in [0.2, 0.25) is 0 Å². The molecule has 4 rings (SSSR count). The van der Waals surface area contributed by atoms with Crippen LogP contribution in [-0.2, 0) is 18.5 Å². The van der Waals surface area contributed by atoms with E-state index in [1.807, 2.05) is 0 Å². The van der Waals surface area contributed by atoms with Gasteiger partial charge in [-0.15, -0.1) is 0 Å². The van der Waals surface area contributed by atoms with E-state index in [-0.39, 0.29) is 12.1 Å². The largest absolute Gasteiger partial charge is 0.417 e. The highest BCUT2D eigenvalue weighted by Gasteiger charge is 2.48. The van der Waals surface area contributed by atoms with Gasteiger partial charge in [-0.25, -0.2) is 0 Å². The van der Waals surface area contributed by atoms with Crippen LogP contribution in [0.25, 0.3) is 16.7 Å². The van der Waals surface area contributed by atoms with E-state index in [0.29, 0.717) is 18.2 Å². The molecule has 0 spiro atoms. The summed E-state index contributed by atoms with van der Waals surface area (Å²) in [6, 6.07) is 13.0. The molecule has 0 heterocycles. The molecule has 0 amide bonds. The average Bonchev–Trinajstić information content (AvgIpc) is 3.78. The fourth-order valence-corrected chi connectivity index (χ4v) is 5.57. The highest BCUT2D eigenvalue weighted by atomic mass is 19.4. The molecule has 0 radical (unpaired) electrons. The lowest BCUT2D eigenvalue weighted by Gasteiger charge is -2.16. The highest BCUT2D eigenvalue weighted by Crippen LogP contribution is 2.59. The van der Waals surface area contributed by atoms with Crippen LogP contribution in [0.5, 0.6) is 0 Å². The number of benzene rings is 3. The number of aryl methyl sites for hydroxylation is 1. The summed E-state index contributed by atoms with van der Waals surface area (Å²) in [6.07, 6.45) is -16.1. The third kappa shape index (κ3) is 6.45. The second-order valence-electron chi connectivity index (χ2n) is 10.7. The van der Waals surface area contributed by atoms with Crippen LogP contribution in [0.15, 0.2) is 53.1 Å². The molecule has 0 aromatic heterocycles. The summed E-state index contributed by atoms with van der Waals surface area (Å²) in [5.41, 5.74) is -13.1. The molecule has 8 nitrogen and oxygen atoms in total. The van der Waals surface area contributed by atoms with E-state index in [1.165, 1.54) is 42.5 Å². The standard InChI is InChI=1S/C35H11F9N8/c1-15-2-16(8-45)4-23(33(36,37)38)27(15)20(12-49)30-31(21(13-50)28-19(11-48)3-17(9-46)5-24(28)34(39,40)41)32(30)22(14-51)29-25(35(42,43)44)6-18(10-47)7-26(29)52/h2-7H,52H2,1H3. The van der Waals surface area contributed by atoms with Gasteiger partial charge in [0.25, 0.3) is 0 Å². The first-order valence-corrected chi connectivity index (χ1v) is 13.8. The molecule has 3 aromatic carbocycles. The lowest BCUT2D eigenvalue weighted by Crippen LogP contribution is -2.12. The van der Waals surface area contributed by atoms with Gasteiger partial charge in [-0.1, -0.05) is 0 Å². The number of anilines is 1. The molecule has 1 aliphatic rings. The highest BCUT2D eigenvalue weighted by molar-refractivity contribution is 6.14. The van der Waals surface area contributed by atoms with E-state index in [1.54, 1.807) is 0 Å². The summed E-state index contributed by atoms with van der Waals surface area (Å²) in [5.74, 6) is 0. The van der Waals surface area contributed by atoms with Gasteiger partial charge >= 0.3 is 18.5 Å². The maximum absolute atomic E-state index is 14.5. The second-order valence-corrected chi connectivity index (χ2v) is 10.7. The van der Waals surface area contributed by atoms with Gasteiger partial charge in [-0.05, 0) is 48.9 Å². The smallest absolute Gasteiger partial charge is 0.398 e. The Bertz CT molecular complexity index is 2400. The number of allylic oxidation sites excluding steroid dienone is 6. The summed E-state index contributed by atoms with van der Waals surface area (Å²) in [4.78, 5) is 0. The molecule has 0 bridgehead atoms. The van der Waals surface area contributed by atoms with Crippen molar-refractivity contribution in [3.63, 3.8) is 0 Å². The van der Waals surface area contributed by atoms with Crippen LogP contribution >= 0.6 is 0 Å². The zero-order valence-electron chi connectivity index (χ0n) is 25.6. The molecule has 52 heavy (non-hydrogen) atoms. The van der Waals surface area contributed by atoms with Crippen molar-refractivity contribution in [2.45, 2.75) is 25.5 Å². The normalized spacial score (nSPS) is 15.4. The Hall–Kier alpha value is -7.52. The molecule has 1 fully saturated rings. The van der Waals surface area contributed by atoms with Crippen LogP contribution in [0, 0.1) is 86.2 Å². The number of halogens is 9. The lowest BCUT2D eigenvalue weighted by atomic mass is 9.90. The quantitative estimate of drug-likeness (QED) is 0.159. The Morgan fingerprint density at radius 3 is 1.21 bits per heavy atom. The molecule has 0 atom stereocenters. The third-order valence-corrected chi connectivity index (χ3v) is 7.59. The van der Waals surface area contributed by atoms with Crippen molar-refractivity contribution >= 4 is 22.4 Å². The number of alkyl halides is 9. The Labute approximate surface area is 286 Å². The number of nitrogens with zero attached hydrogens (tertiary/aromatic N) is 7. The number of nitriles is 7. The summed E-state index contributed by atoms with van der Waals surface area (Å²) in [6.45, 7) is 1.02. The van der Waals surface area contributed by atoms with Crippen molar-refractivity contribution in [1.82, 2.24) is 0 Å². The molecular weight excluding hydrogens is 703 g/mol. The summed E-state index contributed by atoms with van der Waals surface area (Å²) in [5, 5.41) is 68.5. The fourth-order valence-electron chi connectivity index (χ4n) is 5.57. The van der Waals surface area contributed by atoms with Gasteiger partial charge in [-0.2, -0.15) is 76.3 Å². The third-order valence-electron chi connectivity index (χ3n) is 7.59. The molecule has 2 N–H and O–H groups in total. The minimum absolute atomic E-state index is 0.243. The first kappa shape index (κ1) is 37.3. The van der Waals surface area contributed by atoms with Gasteiger partial charge in [0.05, 0.1) is 79.9 Å². The van der Waals surface area contributed by atoms with Crippen molar-refractivity contribution in [3.8, 4) is 42.5 Å². The van der Waals surface area contributed by atoms with Crippen molar-refractivity contribution in [1.29, 1.82) is 36.8 Å². The Morgan fingerprint density at radius 2 is 0.827 bits per heavy atom. The summed E-state index contributed by atoms with van der Waals surface area (Å²) in [7, 11) is 0. The zero-order chi connectivity index (χ0) is 39.1. The molecule has 0 unspecified atom stereocenters. The van der Waals surface area contributed by atoms with E-state index in [4.69, 9.17) is 5.73 Å². The molecule has 0 saturated heterocycles.